The third-order valence-corrected chi connectivity index (χ3v) is 2.94. The lowest BCUT2D eigenvalue weighted by Crippen LogP contribution is -1.84. The molecule has 0 unspecified atom stereocenters. The molecule has 1 heterocycles. The number of hydrogen-bond donors (Lipinski definition) is 0. The number of fused-ring (bicyclic) bond motifs is 1. The average molecular weight is 196 g/mol. The molecule has 1 heteroatoms. The van der Waals surface area contributed by atoms with Crippen LogP contribution >= 0.6 is 0 Å². The van der Waals surface area contributed by atoms with E-state index in [0.717, 1.165) is 12.2 Å². The van der Waals surface area contributed by atoms with Crippen molar-refractivity contribution in [2.75, 3.05) is 0 Å². The lowest BCUT2D eigenvalue weighted by molar-refractivity contribution is 0.553. The van der Waals surface area contributed by atoms with E-state index in [-0.39, 0.29) is 0 Å². The Morgan fingerprint density at radius 1 is 1.07 bits per heavy atom. The third-order valence-electron chi connectivity index (χ3n) is 2.94. The first-order valence-corrected chi connectivity index (χ1v) is 5.18. The fraction of sp³-hybridized carbons (Fsp3) is 0.143. The topological polar surface area (TPSA) is 13.1 Å². The summed E-state index contributed by atoms with van der Waals surface area (Å²) in [6.07, 6.45) is 2.78. The zero-order chi connectivity index (χ0) is 10.3. The van der Waals surface area contributed by atoms with E-state index in [0.29, 0.717) is 0 Å². The molecular formula is C14H12O. The highest BCUT2D eigenvalue weighted by Gasteiger charge is 2.20. The lowest BCUT2D eigenvalue weighted by Gasteiger charge is -2.02. The Morgan fingerprint density at radius 3 is 2.73 bits per heavy atom. The molecule has 2 aromatic rings. The van der Waals surface area contributed by atoms with E-state index in [1.165, 1.54) is 22.3 Å². The first-order chi connectivity index (χ1) is 7.36. The smallest absolute Gasteiger partial charge is 0.134 e. The molecule has 3 rings (SSSR count). The highest BCUT2D eigenvalue weighted by Crippen LogP contribution is 2.36. The van der Waals surface area contributed by atoms with E-state index >= 15 is 0 Å². The van der Waals surface area contributed by atoms with Crippen molar-refractivity contribution in [3.05, 3.63) is 65.1 Å². The highest BCUT2D eigenvalue weighted by molar-refractivity contribution is 5.84. The SMILES string of the molecule is CC1=C(c2ccco2)c2ccccc2C1. The number of allylic oxidation sites excluding steroid dienone is 1. The minimum atomic E-state index is 0.984. The van der Waals surface area contributed by atoms with Crippen LogP contribution in [0.25, 0.3) is 5.57 Å². The van der Waals surface area contributed by atoms with Gasteiger partial charge < -0.3 is 4.42 Å². The number of hydrogen-bond acceptors (Lipinski definition) is 1. The molecule has 1 aliphatic carbocycles. The second-order valence-electron chi connectivity index (χ2n) is 3.97. The summed E-state index contributed by atoms with van der Waals surface area (Å²) in [5.41, 5.74) is 5.40. The molecule has 0 atom stereocenters. The van der Waals surface area contributed by atoms with Crippen molar-refractivity contribution < 1.29 is 4.42 Å². The summed E-state index contributed by atoms with van der Waals surface area (Å²) in [6, 6.07) is 12.5. The fourth-order valence-electron chi connectivity index (χ4n) is 2.29. The molecule has 0 bridgehead atoms. The summed E-state index contributed by atoms with van der Waals surface area (Å²) < 4.78 is 5.49. The lowest BCUT2D eigenvalue weighted by atomic mass is 10.0. The van der Waals surface area contributed by atoms with E-state index in [9.17, 15) is 0 Å². The Balaban J connectivity index is 2.20. The van der Waals surface area contributed by atoms with Crippen molar-refractivity contribution >= 4 is 5.57 Å². The zero-order valence-electron chi connectivity index (χ0n) is 8.66. The van der Waals surface area contributed by atoms with Gasteiger partial charge in [-0.15, -0.1) is 0 Å². The van der Waals surface area contributed by atoms with Crippen LogP contribution in [0, 0.1) is 0 Å². The fourth-order valence-corrected chi connectivity index (χ4v) is 2.29. The van der Waals surface area contributed by atoms with Crippen LogP contribution in [0.1, 0.15) is 23.8 Å². The predicted molar refractivity (Wildman–Crippen MR) is 60.6 cm³/mol. The number of rotatable bonds is 1. The molecule has 15 heavy (non-hydrogen) atoms. The largest absolute Gasteiger partial charge is 0.464 e. The Labute approximate surface area is 89.0 Å². The molecule has 0 saturated carbocycles. The Bertz CT molecular complexity index is 518. The van der Waals surface area contributed by atoms with E-state index in [4.69, 9.17) is 4.42 Å². The van der Waals surface area contributed by atoms with Crippen molar-refractivity contribution in [1.29, 1.82) is 0 Å². The molecule has 0 fully saturated rings. The zero-order valence-corrected chi connectivity index (χ0v) is 8.66. The molecule has 1 nitrogen and oxygen atoms in total. The predicted octanol–water partition coefficient (Wildman–Crippen LogP) is 3.66. The molecule has 0 amide bonds. The van der Waals surface area contributed by atoms with Gasteiger partial charge in [0.2, 0.25) is 0 Å². The van der Waals surface area contributed by atoms with Gasteiger partial charge in [0.1, 0.15) is 5.76 Å². The van der Waals surface area contributed by atoms with Crippen LogP contribution in [0.3, 0.4) is 0 Å². The normalized spacial score (nSPS) is 14.5. The molecule has 0 aliphatic heterocycles. The third kappa shape index (κ3) is 1.23. The van der Waals surface area contributed by atoms with E-state index in [1.54, 1.807) is 6.26 Å². The van der Waals surface area contributed by atoms with Crippen LogP contribution in [-0.2, 0) is 6.42 Å². The van der Waals surface area contributed by atoms with Crippen molar-refractivity contribution in [3.8, 4) is 0 Å². The van der Waals surface area contributed by atoms with Crippen LogP contribution in [0.5, 0.6) is 0 Å². The van der Waals surface area contributed by atoms with Gasteiger partial charge in [0.15, 0.2) is 0 Å². The standard InChI is InChI=1S/C14H12O/c1-10-9-11-5-2-3-6-12(11)14(10)13-7-4-8-15-13/h2-8H,9H2,1H3. The first kappa shape index (κ1) is 8.54. The van der Waals surface area contributed by atoms with Crippen LogP contribution in [0.4, 0.5) is 0 Å². The van der Waals surface area contributed by atoms with Crippen molar-refractivity contribution in [2.24, 2.45) is 0 Å². The highest BCUT2D eigenvalue weighted by atomic mass is 16.3. The molecule has 0 spiro atoms. The minimum absolute atomic E-state index is 0.984. The molecule has 0 radical (unpaired) electrons. The molecule has 1 aliphatic rings. The summed E-state index contributed by atoms with van der Waals surface area (Å²) in [4.78, 5) is 0. The molecule has 0 saturated heterocycles. The van der Waals surface area contributed by atoms with Crippen molar-refractivity contribution in [2.45, 2.75) is 13.3 Å². The van der Waals surface area contributed by atoms with Gasteiger partial charge in [-0.3, -0.25) is 0 Å². The summed E-state index contributed by atoms with van der Waals surface area (Å²) in [5.74, 6) is 0.984. The van der Waals surface area contributed by atoms with Gasteiger partial charge in [0.05, 0.1) is 6.26 Å². The number of furan rings is 1. The first-order valence-electron chi connectivity index (χ1n) is 5.18. The summed E-state index contributed by atoms with van der Waals surface area (Å²) >= 11 is 0. The van der Waals surface area contributed by atoms with Crippen LogP contribution in [0.2, 0.25) is 0 Å². The van der Waals surface area contributed by atoms with Crippen LogP contribution in [-0.4, -0.2) is 0 Å². The minimum Gasteiger partial charge on any atom is -0.464 e. The summed E-state index contributed by atoms with van der Waals surface area (Å²) in [6.45, 7) is 2.18. The summed E-state index contributed by atoms with van der Waals surface area (Å²) in [7, 11) is 0. The van der Waals surface area contributed by atoms with Crippen LogP contribution in [0.15, 0.2) is 52.7 Å². The maximum absolute atomic E-state index is 5.49. The second kappa shape index (κ2) is 3.13. The molecule has 1 aromatic carbocycles. The Kier molecular flexibility index (Phi) is 1.78. The number of benzene rings is 1. The van der Waals surface area contributed by atoms with Gasteiger partial charge in [-0.05, 0) is 36.6 Å². The van der Waals surface area contributed by atoms with Gasteiger partial charge in [-0.2, -0.15) is 0 Å². The molecule has 1 aromatic heterocycles. The van der Waals surface area contributed by atoms with Gasteiger partial charge in [0, 0.05) is 5.57 Å². The van der Waals surface area contributed by atoms with Gasteiger partial charge in [-0.25, -0.2) is 0 Å². The molecule has 0 N–H and O–H groups in total. The molecule has 74 valence electrons. The summed E-state index contributed by atoms with van der Waals surface area (Å²) in [5, 5.41) is 0. The van der Waals surface area contributed by atoms with Crippen molar-refractivity contribution in [3.63, 3.8) is 0 Å². The average Bonchev–Trinajstić information content (AvgIpc) is 2.82. The van der Waals surface area contributed by atoms with Crippen LogP contribution < -0.4 is 0 Å². The maximum Gasteiger partial charge on any atom is 0.134 e. The van der Waals surface area contributed by atoms with E-state index < -0.39 is 0 Å². The monoisotopic (exact) mass is 196 g/mol. The Hall–Kier alpha value is -1.76. The molecular weight excluding hydrogens is 184 g/mol. The Morgan fingerprint density at radius 2 is 1.93 bits per heavy atom. The van der Waals surface area contributed by atoms with Gasteiger partial charge in [-0.1, -0.05) is 29.8 Å². The van der Waals surface area contributed by atoms with E-state index in [2.05, 4.69) is 31.2 Å². The van der Waals surface area contributed by atoms with E-state index in [1.807, 2.05) is 12.1 Å². The second-order valence-corrected chi connectivity index (χ2v) is 3.97. The quantitative estimate of drug-likeness (QED) is 0.678. The van der Waals surface area contributed by atoms with Crippen molar-refractivity contribution in [1.82, 2.24) is 0 Å². The van der Waals surface area contributed by atoms with Gasteiger partial charge in [0.25, 0.3) is 0 Å². The maximum atomic E-state index is 5.49. The van der Waals surface area contributed by atoms with Gasteiger partial charge >= 0.3 is 0 Å².